The maximum absolute atomic E-state index is 4.54. The van der Waals surface area contributed by atoms with E-state index in [0.717, 1.165) is 11.4 Å². The second-order valence-electron chi connectivity index (χ2n) is 3.44. The minimum absolute atomic E-state index is 0.213. The van der Waals surface area contributed by atoms with Crippen LogP contribution in [0.5, 0.6) is 0 Å². The number of nitrogens with one attached hydrogen (secondary N) is 1. The Bertz CT molecular complexity index is 423. The molecule has 2 aromatic heterocycles. The Morgan fingerprint density at radius 3 is 2.73 bits per heavy atom. The van der Waals surface area contributed by atoms with Crippen LogP contribution in [0.4, 0.5) is 0 Å². The molecule has 78 valence electrons. The molecule has 1 unspecified atom stereocenters. The number of hydrogen-bond donors (Lipinski definition) is 1. The average molecular weight is 218 g/mol. The van der Waals surface area contributed by atoms with Crippen LogP contribution in [0.25, 0.3) is 0 Å². The second kappa shape index (κ2) is 4.55. The van der Waals surface area contributed by atoms with Crippen LogP contribution in [0.2, 0.25) is 0 Å². The van der Waals surface area contributed by atoms with E-state index in [2.05, 4.69) is 39.9 Å². The van der Waals surface area contributed by atoms with Gasteiger partial charge in [-0.05, 0) is 37.6 Å². The van der Waals surface area contributed by atoms with Crippen LogP contribution in [0, 0.1) is 6.92 Å². The summed E-state index contributed by atoms with van der Waals surface area (Å²) in [5.74, 6) is 0. The highest BCUT2D eigenvalue weighted by atomic mass is 32.1. The molecule has 0 fully saturated rings. The number of aromatic nitrogens is 1. The average Bonchev–Trinajstić information content (AvgIpc) is 2.72. The molecule has 0 aliphatic rings. The van der Waals surface area contributed by atoms with Gasteiger partial charge in [0.2, 0.25) is 0 Å². The van der Waals surface area contributed by atoms with Crippen LogP contribution in [-0.4, -0.2) is 12.0 Å². The largest absolute Gasteiger partial charge is 0.307 e. The van der Waals surface area contributed by atoms with Crippen molar-refractivity contribution >= 4 is 11.3 Å². The molecule has 15 heavy (non-hydrogen) atoms. The first-order chi connectivity index (χ1) is 7.31. The summed E-state index contributed by atoms with van der Waals surface area (Å²) in [4.78, 5) is 5.85. The van der Waals surface area contributed by atoms with Gasteiger partial charge >= 0.3 is 0 Å². The first kappa shape index (κ1) is 10.3. The molecule has 1 N–H and O–H groups in total. The number of nitrogens with zero attached hydrogens (tertiary/aromatic N) is 1. The SMILES string of the molecule is CNC(c1cccc(C)n1)c1cccs1. The van der Waals surface area contributed by atoms with Crippen molar-refractivity contribution in [3.63, 3.8) is 0 Å². The summed E-state index contributed by atoms with van der Waals surface area (Å²) >= 11 is 1.75. The van der Waals surface area contributed by atoms with E-state index in [1.807, 2.05) is 20.0 Å². The van der Waals surface area contributed by atoms with E-state index >= 15 is 0 Å². The standard InChI is InChI=1S/C12H14N2S/c1-9-5-3-6-10(14-9)12(13-2)11-7-4-8-15-11/h3-8,12-13H,1-2H3. The molecule has 2 rings (SSSR count). The van der Waals surface area contributed by atoms with Crippen molar-refractivity contribution in [1.82, 2.24) is 10.3 Å². The van der Waals surface area contributed by atoms with Crippen LogP contribution >= 0.6 is 11.3 Å². The minimum atomic E-state index is 0.213. The monoisotopic (exact) mass is 218 g/mol. The molecule has 2 heterocycles. The fraction of sp³-hybridized carbons (Fsp3) is 0.250. The molecule has 0 aliphatic carbocycles. The van der Waals surface area contributed by atoms with Gasteiger partial charge in [-0.15, -0.1) is 11.3 Å². The molecule has 0 spiro atoms. The Balaban J connectivity index is 2.35. The summed E-state index contributed by atoms with van der Waals surface area (Å²) in [7, 11) is 1.97. The fourth-order valence-electron chi connectivity index (χ4n) is 1.62. The predicted octanol–water partition coefficient (Wildman–Crippen LogP) is 2.76. The minimum Gasteiger partial charge on any atom is -0.307 e. The third-order valence-electron chi connectivity index (χ3n) is 2.32. The van der Waals surface area contributed by atoms with E-state index in [0.29, 0.717) is 0 Å². The van der Waals surface area contributed by atoms with E-state index in [9.17, 15) is 0 Å². The molecule has 3 heteroatoms. The van der Waals surface area contributed by atoms with Crippen LogP contribution in [0.15, 0.2) is 35.7 Å². The van der Waals surface area contributed by atoms with E-state index in [1.54, 1.807) is 11.3 Å². The molecule has 2 nitrogen and oxygen atoms in total. The van der Waals surface area contributed by atoms with Gasteiger partial charge in [0.25, 0.3) is 0 Å². The lowest BCUT2D eigenvalue weighted by molar-refractivity contribution is 0.680. The highest BCUT2D eigenvalue weighted by Crippen LogP contribution is 2.24. The zero-order valence-corrected chi connectivity index (χ0v) is 9.71. The molecule has 0 saturated heterocycles. The van der Waals surface area contributed by atoms with Crippen molar-refractivity contribution in [2.45, 2.75) is 13.0 Å². The van der Waals surface area contributed by atoms with Crippen LogP contribution in [0.1, 0.15) is 22.3 Å². The summed E-state index contributed by atoms with van der Waals surface area (Å²) < 4.78 is 0. The van der Waals surface area contributed by atoms with Gasteiger partial charge in [-0.3, -0.25) is 4.98 Å². The first-order valence-electron chi connectivity index (χ1n) is 4.95. The molecular weight excluding hydrogens is 204 g/mol. The van der Waals surface area contributed by atoms with Crippen molar-refractivity contribution < 1.29 is 0 Å². The Kier molecular flexibility index (Phi) is 3.14. The molecule has 0 amide bonds. The third-order valence-corrected chi connectivity index (χ3v) is 3.26. The lowest BCUT2D eigenvalue weighted by Gasteiger charge is -2.14. The maximum atomic E-state index is 4.54. The van der Waals surface area contributed by atoms with Gasteiger partial charge in [0, 0.05) is 10.6 Å². The van der Waals surface area contributed by atoms with Crippen LogP contribution in [0.3, 0.4) is 0 Å². The molecule has 0 aromatic carbocycles. The summed E-state index contributed by atoms with van der Waals surface area (Å²) in [6.07, 6.45) is 0. The second-order valence-corrected chi connectivity index (χ2v) is 4.42. The van der Waals surface area contributed by atoms with Crippen molar-refractivity contribution in [1.29, 1.82) is 0 Å². The van der Waals surface area contributed by atoms with Crippen molar-refractivity contribution in [3.05, 3.63) is 52.0 Å². The molecule has 2 aromatic rings. The number of pyridine rings is 1. The summed E-state index contributed by atoms with van der Waals surface area (Å²) in [5, 5.41) is 5.39. The summed E-state index contributed by atoms with van der Waals surface area (Å²) in [6.45, 7) is 2.02. The molecule has 0 bridgehead atoms. The molecule has 0 saturated carbocycles. The Morgan fingerprint density at radius 1 is 1.27 bits per heavy atom. The number of rotatable bonds is 3. The molecular formula is C12H14N2S. The van der Waals surface area contributed by atoms with Gasteiger partial charge < -0.3 is 5.32 Å². The van der Waals surface area contributed by atoms with E-state index in [1.165, 1.54) is 4.88 Å². The number of aryl methyl sites for hydroxylation is 1. The number of hydrogen-bond acceptors (Lipinski definition) is 3. The quantitative estimate of drug-likeness (QED) is 0.857. The van der Waals surface area contributed by atoms with Gasteiger partial charge in [-0.2, -0.15) is 0 Å². The highest BCUT2D eigenvalue weighted by Gasteiger charge is 2.13. The normalized spacial score (nSPS) is 12.7. The molecule has 1 atom stereocenters. The van der Waals surface area contributed by atoms with Gasteiger partial charge in [-0.1, -0.05) is 12.1 Å². The Labute approximate surface area is 94.0 Å². The van der Waals surface area contributed by atoms with Crippen molar-refractivity contribution in [2.24, 2.45) is 0 Å². The Morgan fingerprint density at radius 2 is 2.13 bits per heavy atom. The maximum Gasteiger partial charge on any atom is 0.0842 e. The third kappa shape index (κ3) is 2.25. The smallest absolute Gasteiger partial charge is 0.0842 e. The predicted molar refractivity (Wildman–Crippen MR) is 64.2 cm³/mol. The van der Waals surface area contributed by atoms with Gasteiger partial charge in [0.05, 0.1) is 11.7 Å². The fourth-order valence-corrected chi connectivity index (χ4v) is 2.46. The van der Waals surface area contributed by atoms with Crippen molar-refractivity contribution in [2.75, 3.05) is 7.05 Å². The van der Waals surface area contributed by atoms with Gasteiger partial charge in [-0.25, -0.2) is 0 Å². The first-order valence-corrected chi connectivity index (χ1v) is 5.83. The molecule has 0 aliphatic heterocycles. The van der Waals surface area contributed by atoms with Crippen LogP contribution < -0.4 is 5.32 Å². The number of thiophene rings is 1. The summed E-state index contributed by atoms with van der Waals surface area (Å²) in [6, 6.07) is 10.6. The van der Waals surface area contributed by atoms with Crippen LogP contribution in [-0.2, 0) is 0 Å². The lowest BCUT2D eigenvalue weighted by Crippen LogP contribution is -2.17. The highest BCUT2D eigenvalue weighted by molar-refractivity contribution is 7.10. The summed E-state index contributed by atoms with van der Waals surface area (Å²) in [5.41, 5.74) is 2.14. The molecule has 0 radical (unpaired) electrons. The van der Waals surface area contributed by atoms with E-state index in [4.69, 9.17) is 0 Å². The zero-order chi connectivity index (χ0) is 10.7. The van der Waals surface area contributed by atoms with Crippen molar-refractivity contribution in [3.8, 4) is 0 Å². The van der Waals surface area contributed by atoms with Gasteiger partial charge in [0.1, 0.15) is 0 Å². The lowest BCUT2D eigenvalue weighted by atomic mass is 10.1. The zero-order valence-electron chi connectivity index (χ0n) is 8.90. The Hall–Kier alpha value is -1.19. The van der Waals surface area contributed by atoms with E-state index in [-0.39, 0.29) is 6.04 Å². The van der Waals surface area contributed by atoms with E-state index < -0.39 is 0 Å². The topological polar surface area (TPSA) is 24.9 Å². The van der Waals surface area contributed by atoms with Gasteiger partial charge in [0.15, 0.2) is 0 Å².